The van der Waals surface area contributed by atoms with Crippen molar-refractivity contribution in [3.63, 3.8) is 0 Å². The number of rotatable bonds is 2. The van der Waals surface area contributed by atoms with Crippen LogP contribution < -0.4 is 0 Å². The highest BCUT2D eigenvalue weighted by Crippen LogP contribution is 2.42. The van der Waals surface area contributed by atoms with Gasteiger partial charge in [-0.15, -0.1) is 0 Å². The third-order valence-corrected chi connectivity index (χ3v) is 3.63. The molecule has 0 N–H and O–H groups in total. The van der Waals surface area contributed by atoms with Gasteiger partial charge in [-0.05, 0) is 24.5 Å². The topological polar surface area (TPSA) is 17.1 Å². The molecule has 2 aliphatic carbocycles. The van der Waals surface area contributed by atoms with Crippen LogP contribution in [0.3, 0.4) is 0 Å². The zero-order valence-electron chi connectivity index (χ0n) is 9.81. The summed E-state index contributed by atoms with van der Waals surface area (Å²) in [6, 6.07) is 7.84. The third-order valence-electron chi connectivity index (χ3n) is 3.63. The highest BCUT2D eigenvalue weighted by atomic mass is 16.1. The minimum Gasteiger partial charge on any atom is -0.298 e. The SMILES string of the molecule is CC1=CC=C2CC(c3ccc(C=O)cc3)=CC12. The Bertz CT molecular complexity index is 556. The van der Waals surface area contributed by atoms with Gasteiger partial charge in [0.25, 0.3) is 0 Å². The number of hydrogen-bond donors (Lipinski definition) is 0. The van der Waals surface area contributed by atoms with Crippen LogP contribution in [-0.2, 0) is 0 Å². The van der Waals surface area contributed by atoms with Crippen molar-refractivity contribution in [3.8, 4) is 0 Å². The Morgan fingerprint density at radius 2 is 1.94 bits per heavy atom. The first-order valence-corrected chi connectivity index (χ1v) is 5.91. The van der Waals surface area contributed by atoms with Crippen molar-refractivity contribution in [1.29, 1.82) is 0 Å². The fraction of sp³-hybridized carbons (Fsp3) is 0.188. The molecule has 3 rings (SSSR count). The number of hydrogen-bond acceptors (Lipinski definition) is 1. The molecule has 0 radical (unpaired) electrons. The molecule has 0 bridgehead atoms. The van der Waals surface area contributed by atoms with E-state index in [0.29, 0.717) is 5.92 Å². The van der Waals surface area contributed by atoms with Gasteiger partial charge in [0, 0.05) is 11.5 Å². The van der Waals surface area contributed by atoms with Crippen molar-refractivity contribution in [1.82, 2.24) is 0 Å². The lowest BCUT2D eigenvalue weighted by Crippen LogP contribution is -1.90. The van der Waals surface area contributed by atoms with Crippen LogP contribution in [0.5, 0.6) is 0 Å². The van der Waals surface area contributed by atoms with Crippen LogP contribution in [-0.4, -0.2) is 6.29 Å². The summed E-state index contributed by atoms with van der Waals surface area (Å²) >= 11 is 0. The Morgan fingerprint density at radius 3 is 2.59 bits per heavy atom. The van der Waals surface area contributed by atoms with E-state index in [1.165, 1.54) is 22.3 Å². The molecule has 1 heteroatoms. The molecule has 0 saturated carbocycles. The lowest BCUT2D eigenvalue weighted by atomic mass is 10.0. The second-order valence-corrected chi connectivity index (χ2v) is 4.74. The van der Waals surface area contributed by atoms with Gasteiger partial charge in [-0.3, -0.25) is 4.79 Å². The van der Waals surface area contributed by atoms with Gasteiger partial charge in [0.15, 0.2) is 0 Å². The van der Waals surface area contributed by atoms with Crippen molar-refractivity contribution in [3.05, 3.63) is 64.8 Å². The molecule has 0 fully saturated rings. The van der Waals surface area contributed by atoms with E-state index in [2.05, 4.69) is 25.2 Å². The quantitative estimate of drug-likeness (QED) is 0.696. The molecule has 1 aromatic rings. The second kappa shape index (κ2) is 3.85. The maximum Gasteiger partial charge on any atom is 0.150 e. The van der Waals surface area contributed by atoms with Crippen LogP contribution in [0.1, 0.15) is 29.3 Å². The second-order valence-electron chi connectivity index (χ2n) is 4.74. The smallest absolute Gasteiger partial charge is 0.150 e. The summed E-state index contributed by atoms with van der Waals surface area (Å²) in [6.45, 7) is 2.18. The molecular weight excluding hydrogens is 208 g/mol. The van der Waals surface area contributed by atoms with Crippen molar-refractivity contribution >= 4 is 11.9 Å². The summed E-state index contributed by atoms with van der Waals surface area (Å²) in [5.74, 6) is 0.524. The Kier molecular flexibility index (Phi) is 2.32. The summed E-state index contributed by atoms with van der Waals surface area (Å²) in [6.07, 6.45) is 8.72. The maximum atomic E-state index is 10.6. The summed E-state index contributed by atoms with van der Waals surface area (Å²) in [4.78, 5) is 10.6. The first-order valence-electron chi connectivity index (χ1n) is 5.91. The first kappa shape index (κ1) is 10.3. The molecule has 1 unspecified atom stereocenters. The molecule has 1 aromatic carbocycles. The molecule has 0 spiro atoms. The van der Waals surface area contributed by atoms with Gasteiger partial charge >= 0.3 is 0 Å². The van der Waals surface area contributed by atoms with Gasteiger partial charge in [-0.2, -0.15) is 0 Å². The van der Waals surface area contributed by atoms with Crippen LogP contribution in [0.2, 0.25) is 0 Å². The predicted molar refractivity (Wildman–Crippen MR) is 69.8 cm³/mol. The molecule has 0 amide bonds. The molecule has 84 valence electrons. The predicted octanol–water partition coefficient (Wildman–Crippen LogP) is 3.79. The average molecular weight is 222 g/mol. The largest absolute Gasteiger partial charge is 0.298 e. The van der Waals surface area contributed by atoms with E-state index in [9.17, 15) is 4.79 Å². The molecule has 0 aliphatic heterocycles. The first-order chi connectivity index (χ1) is 8.28. The van der Waals surface area contributed by atoms with Crippen LogP contribution in [0.25, 0.3) is 5.57 Å². The number of carbonyl (C=O) groups is 1. The maximum absolute atomic E-state index is 10.6. The molecule has 0 saturated heterocycles. The zero-order chi connectivity index (χ0) is 11.8. The van der Waals surface area contributed by atoms with Crippen molar-refractivity contribution < 1.29 is 4.79 Å². The number of carbonyl (C=O) groups excluding carboxylic acids is 1. The minimum atomic E-state index is 0.524. The fourth-order valence-electron chi connectivity index (χ4n) is 2.60. The Hall–Kier alpha value is -1.89. The van der Waals surface area contributed by atoms with Gasteiger partial charge in [0.2, 0.25) is 0 Å². The summed E-state index contributed by atoms with van der Waals surface area (Å²) in [5.41, 5.74) is 6.28. The van der Waals surface area contributed by atoms with E-state index < -0.39 is 0 Å². The number of fused-ring (bicyclic) bond motifs is 1. The molecular formula is C16H14O. The molecule has 0 aromatic heterocycles. The van der Waals surface area contributed by atoms with Gasteiger partial charge in [-0.25, -0.2) is 0 Å². The lowest BCUT2D eigenvalue weighted by Gasteiger charge is -2.03. The Morgan fingerprint density at radius 1 is 1.18 bits per heavy atom. The highest BCUT2D eigenvalue weighted by Gasteiger charge is 2.25. The minimum absolute atomic E-state index is 0.524. The average Bonchev–Trinajstić information content (AvgIpc) is 2.92. The van der Waals surface area contributed by atoms with Crippen molar-refractivity contribution in [2.75, 3.05) is 0 Å². The standard InChI is InChI=1S/C16H14O/c1-11-2-5-14-8-15(9-16(11)14)13-6-3-12(10-17)4-7-13/h2-7,9-10,16H,8H2,1H3. The molecule has 17 heavy (non-hydrogen) atoms. The van der Waals surface area contributed by atoms with E-state index in [4.69, 9.17) is 0 Å². The van der Waals surface area contributed by atoms with E-state index >= 15 is 0 Å². The van der Waals surface area contributed by atoms with Gasteiger partial charge in [-0.1, -0.05) is 53.6 Å². The number of allylic oxidation sites excluding steroid dienone is 6. The molecule has 1 atom stereocenters. The van der Waals surface area contributed by atoms with E-state index in [1.54, 1.807) is 0 Å². The number of aldehydes is 1. The molecule has 0 heterocycles. The van der Waals surface area contributed by atoms with Crippen LogP contribution >= 0.6 is 0 Å². The molecule has 1 nitrogen and oxygen atoms in total. The number of benzene rings is 1. The summed E-state index contributed by atoms with van der Waals surface area (Å²) in [5, 5.41) is 0. The van der Waals surface area contributed by atoms with Gasteiger partial charge in [0.05, 0.1) is 0 Å². The van der Waals surface area contributed by atoms with Crippen LogP contribution in [0, 0.1) is 5.92 Å². The van der Waals surface area contributed by atoms with Crippen LogP contribution in [0.4, 0.5) is 0 Å². The monoisotopic (exact) mass is 222 g/mol. The van der Waals surface area contributed by atoms with E-state index in [-0.39, 0.29) is 0 Å². The van der Waals surface area contributed by atoms with Crippen molar-refractivity contribution in [2.45, 2.75) is 13.3 Å². The highest BCUT2D eigenvalue weighted by molar-refractivity contribution is 5.78. The Balaban J connectivity index is 1.91. The summed E-state index contributed by atoms with van der Waals surface area (Å²) in [7, 11) is 0. The van der Waals surface area contributed by atoms with Gasteiger partial charge in [0.1, 0.15) is 6.29 Å². The lowest BCUT2D eigenvalue weighted by molar-refractivity contribution is 0.112. The fourth-order valence-corrected chi connectivity index (χ4v) is 2.60. The third kappa shape index (κ3) is 1.68. The zero-order valence-corrected chi connectivity index (χ0v) is 9.81. The normalized spacial score (nSPS) is 21.7. The molecule has 2 aliphatic rings. The van der Waals surface area contributed by atoms with Crippen LogP contribution in [0.15, 0.2) is 53.6 Å². The van der Waals surface area contributed by atoms with Gasteiger partial charge < -0.3 is 0 Å². The van der Waals surface area contributed by atoms with E-state index in [0.717, 1.165) is 18.3 Å². The Labute approximate surface area is 101 Å². The van der Waals surface area contributed by atoms with Crippen molar-refractivity contribution in [2.24, 2.45) is 5.92 Å². The summed E-state index contributed by atoms with van der Waals surface area (Å²) < 4.78 is 0. The van der Waals surface area contributed by atoms with E-state index in [1.807, 2.05) is 24.3 Å².